The van der Waals surface area contributed by atoms with Crippen molar-refractivity contribution in [3.8, 4) is 0 Å². The number of aryl methyl sites for hydroxylation is 2. The van der Waals surface area contributed by atoms with E-state index in [1.54, 1.807) is 24.4 Å². The maximum Gasteiger partial charge on any atom is 0.232 e. The molecule has 0 aliphatic carbocycles. The summed E-state index contributed by atoms with van der Waals surface area (Å²) in [7, 11) is -3.58. The first-order chi connectivity index (χ1) is 13.3. The summed E-state index contributed by atoms with van der Waals surface area (Å²) in [6.07, 6.45) is 2.79. The van der Waals surface area contributed by atoms with Gasteiger partial charge in [0.2, 0.25) is 15.9 Å². The Kier molecular flexibility index (Phi) is 5.65. The first kappa shape index (κ1) is 19.8. The zero-order chi connectivity index (χ0) is 20.3. The molecule has 0 unspecified atom stereocenters. The maximum atomic E-state index is 12.5. The molecule has 1 heterocycles. The van der Waals surface area contributed by atoms with Crippen LogP contribution in [0, 0.1) is 13.8 Å². The molecule has 28 heavy (non-hydrogen) atoms. The molecular weight excluding hydrogens is 374 g/mol. The number of carbonyl (C=O) groups is 1. The van der Waals surface area contributed by atoms with Gasteiger partial charge in [-0.2, -0.15) is 0 Å². The van der Waals surface area contributed by atoms with Gasteiger partial charge < -0.3 is 5.32 Å². The Morgan fingerprint density at radius 1 is 1.04 bits per heavy atom. The summed E-state index contributed by atoms with van der Waals surface area (Å²) in [5.74, 6) is -0.237. The lowest BCUT2D eigenvalue weighted by atomic mass is 10.1. The van der Waals surface area contributed by atoms with Gasteiger partial charge in [-0.05, 0) is 37.1 Å². The molecule has 0 saturated heterocycles. The molecule has 0 saturated carbocycles. The summed E-state index contributed by atoms with van der Waals surface area (Å²) in [4.78, 5) is 16.8. The lowest BCUT2D eigenvalue weighted by molar-refractivity contribution is -0.116. The molecule has 6 nitrogen and oxygen atoms in total. The van der Waals surface area contributed by atoms with Crippen molar-refractivity contribution in [3.05, 3.63) is 65.9 Å². The third-order valence-corrected chi connectivity index (χ3v) is 5.75. The minimum Gasteiger partial charge on any atom is -0.326 e. The predicted octanol–water partition coefficient (Wildman–Crippen LogP) is 3.65. The molecular formula is C21H23N3O3S. The van der Waals surface area contributed by atoms with Gasteiger partial charge in [0.1, 0.15) is 0 Å². The number of hydrogen-bond donors (Lipinski definition) is 1. The predicted molar refractivity (Wildman–Crippen MR) is 113 cm³/mol. The fourth-order valence-corrected chi connectivity index (χ4v) is 4.10. The Hall–Kier alpha value is -2.93. The number of fused-ring (bicyclic) bond motifs is 1. The van der Waals surface area contributed by atoms with E-state index in [0.29, 0.717) is 11.2 Å². The van der Waals surface area contributed by atoms with Crippen LogP contribution in [0.25, 0.3) is 10.9 Å². The van der Waals surface area contributed by atoms with E-state index in [1.165, 1.54) is 4.31 Å². The zero-order valence-electron chi connectivity index (χ0n) is 16.1. The highest BCUT2D eigenvalue weighted by atomic mass is 32.2. The zero-order valence-corrected chi connectivity index (χ0v) is 17.0. The topological polar surface area (TPSA) is 79.4 Å². The van der Waals surface area contributed by atoms with E-state index in [1.807, 2.05) is 44.2 Å². The smallest absolute Gasteiger partial charge is 0.232 e. The summed E-state index contributed by atoms with van der Waals surface area (Å²) < 4.78 is 26.1. The van der Waals surface area contributed by atoms with Gasteiger partial charge >= 0.3 is 0 Å². The SMILES string of the molecule is Cc1cccc(C)c1NC(=O)CCN(c1cccc2cccnc12)S(C)(=O)=O. The van der Waals surface area contributed by atoms with Gasteiger partial charge in [0.25, 0.3) is 0 Å². The summed E-state index contributed by atoms with van der Waals surface area (Å²) in [6.45, 7) is 3.88. The van der Waals surface area contributed by atoms with Gasteiger partial charge in [-0.3, -0.25) is 14.1 Å². The van der Waals surface area contributed by atoms with Crippen LogP contribution in [-0.4, -0.2) is 32.1 Å². The number of aromatic nitrogens is 1. The van der Waals surface area contributed by atoms with E-state index in [9.17, 15) is 13.2 Å². The van der Waals surface area contributed by atoms with Gasteiger partial charge in [0, 0.05) is 30.2 Å². The van der Waals surface area contributed by atoms with E-state index in [0.717, 1.165) is 28.5 Å². The molecule has 2 aromatic carbocycles. The quantitative estimate of drug-likeness (QED) is 0.689. The Balaban J connectivity index is 1.84. The summed E-state index contributed by atoms with van der Waals surface area (Å²) >= 11 is 0. The van der Waals surface area contributed by atoms with E-state index in [-0.39, 0.29) is 18.9 Å². The number of anilines is 2. The van der Waals surface area contributed by atoms with Crippen molar-refractivity contribution in [1.82, 2.24) is 4.98 Å². The van der Waals surface area contributed by atoms with Crippen LogP contribution >= 0.6 is 0 Å². The minimum atomic E-state index is -3.58. The molecule has 3 rings (SSSR count). The molecule has 3 aromatic rings. The molecule has 0 aliphatic heterocycles. The number of nitrogens with one attached hydrogen (secondary N) is 1. The second-order valence-electron chi connectivity index (χ2n) is 6.75. The minimum absolute atomic E-state index is 0.0318. The molecule has 0 spiro atoms. The number of para-hydroxylation sites is 2. The fourth-order valence-electron chi connectivity index (χ4n) is 3.17. The van der Waals surface area contributed by atoms with Crippen LogP contribution < -0.4 is 9.62 Å². The molecule has 146 valence electrons. The third-order valence-electron chi connectivity index (χ3n) is 4.57. The average Bonchev–Trinajstić information content (AvgIpc) is 2.64. The lowest BCUT2D eigenvalue weighted by Gasteiger charge is -2.23. The fraction of sp³-hybridized carbons (Fsp3) is 0.238. The summed E-state index contributed by atoms with van der Waals surface area (Å²) in [6, 6.07) is 14.8. The van der Waals surface area contributed by atoms with Crippen molar-refractivity contribution in [2.45, 2.75) is 20.3 Å². The van der Waals surface area contributed by atoms with Crippen molar-refractivity contribution >= 4 is 38.2 Å². The van der Waals surface area contributed by atoms with Crippen LogP contribution in [0.2, 0.25) is 0 Å². The van der Waals surface area contributed by atoms with Crippen molar-refractivity contribution in [2.24, 2.45) is 0 Å². The summed E-state index contributed by atoms with van der Waals surface area (Å²) in [5, 5.41) is 3.74. The standard InChI is InChI=1S/C21H23N3O3S/c1-15-7-4-8-16(2)20(15)23-19(25)12-14-24(28(3,26)27)18-11-5-9-17-10-6-13-22-21(17)18/h4-11,13H,12,14H2,1-3H3,(H,23,25). The molecule has 1 amide bonds. The lowest BCUT2D eigenvalue weighted by Crippen LogP contribution is -2.33. The molecule has 7 heteroatoms. The van der Waals surface area contributed by atoms with E-state index in [2.05, 4.69) is 10.3 Å². The summed E-state index contributed by atoms with van der Waals surface area (Å²) in [5.41, 5.74) is 3.76. The highest BCUT2D eigenvalue weighted by molar-refractivity contribution is 7.92. The van der Waals surface area contributed by atoms with Crippen molar-refractivity contribution in [2.75, 3.05) is 22.4 Å². The number of rotatable bonds is 6. The molecule has 0 fully saturated rings. The third kappa shape index (κ3) is 4.31. The number of sulfonamides is 1. The van der Waals surface area contributed by atoms with Crippen molar-refractivity contribution in [3.63, 3.8) is 0 Å². The number of nitrogens with zero attached hydrogens (tertiary/aromatic N) is 2. The number of hydrogen-bond acceptors (Lipinski definition) is 4. The van der Waals surface area contributed by atoms with Crippen LogP contribution in [0.3, 0.4) is 0 Å². The highest BCUT2D eigenvalue weighted by Gasteiger charge is 2.21. The number of amides is 1. The van der Waals surface area contributed by atoms with Crippen LogP contribution in [0.5, 0.6) is 0 Å². The van der Waals surface area contributed by atoms with Crippen LogP contribution in [0.4, 0.5) is 11.4 Å². The molecule has 1 N–H and O–H groups in total. The monoisotopic (exact) mass is 397 g/mol. The number of benzene rings is 2. The van der Waals surface area contributed by atoms with Gasteiger partial charge in [-0.1, -0.05) is 36.4 Å². The van der Waals surface area contributed by atoms with Gasteiger partial charge in [-0.15, -0.1) is 0 Å². The molecule has 0 radical (unpaired) electrons. The van der Waals surface area contributed by atoms with Crippen molar-refractivity contribution < 1.29 is 13.2 Å². The maximum absolute atomic E-state index is 12.5. The Bertz CT molecular complexity index is 1100. The van der Waals surface area contributed by atoms with Crippen LogP contribution in [0.15, 0.2) is 54.7 Å². The molecule has 0 bridgehead atoms. The van der Waals surface area contributed by atoms with Crippen LogP contribution in [-0.2, 0) is 14.8 Å². The molecule has 1 aromatic heterocycles. The first-order valence-electron chi connectivity index (χ1n) is 8.95. The normalized spacial score (nSPS) is 11.4. The number of pyridine rings is 1. The highest BCUT2D eigenvalue weighted by Crippen LogP contribution is 2.27. The second kappa shape index (κ2) is 7.98. The van der Waals surface area contributed by atoms with Crippen LogP contribution in [0.1, 0.15) is 17.5 Å². The Labute approximate surface area is 165 Å². The second-order valence-corrected chi connectivity index (χ2v) is 8.66. The van der Waals surface area contributed by atoms with Gasteiger partial charge in [-0.25, -0.2) is 8.42 Å². The Morgan fingerprint density at radius 3 is 2.36 bits per heavy atom. The van der Waals surface area contributed by atoms with Gasteiger partial charge in [0.05, 0.1) is 17.5 Å². The Morgan fingerprint density at radius 2 is 1.68 bits per heavy atom. The van der Waals surface area contributed by atoms with Gasteiger partial charge in [0.15, 0.2) is 0 Å². The largest absolute Gasteiger partial charge is 0.326 e. The van der Waals surface area contributed by atoms with E-state index < -0.39 is 10.0 Å². The average molecular weight is 398 g/mol. The van der Waals surface area contributed by atoms with Crippen molar-refractivity contribution in [1.29, 1.82) is 0 Å². The molecule has 0 aliphatic rings. The van der Waals surface area contributed by atoms with E-state index >= 15 is 0 Å². The van der Waals surface area contributed by atoms with E-state index in [4.69, 9.17) is 0 Å². The molecule has 0 atom stereocenters. The number of carbonyl (C=O) groups excluding carboxylic acids is 1. The first-order valence-corrected chi connectivity index (χ1v) is 10.8.